The van der Waals surface area contributed by atoms with Crippen molar-refractivity contribution in [2.75, 3.05) is 25.3 Å². The SMILES string of the molecule is COc1ccc(Nc2ccc(I)cc2N)cc1OC. The average molecular weight is 370 g/mol. The third-order valence-corrected chi connectivity index (χ3v) is 3.35. The minimum atomic E-state index is 0.677. The Hall–Kier alpha value is -1.63. The maximum Gasteiger partial charge on any atom is 0.162 e. The highest BCUT2D eigenvalue weighted by atomic mass is 127. The van der Waals surface area contributed by atoms with Crippen molar-refractivity contribution < 1.29 is 9.47 Å². The second-order valence-corrected chi connectivity index (χ2v) is 5.17. The Labute approximate surface area is 126 Å². The van der Waals surface area contributed by atoms with E-state index in [2.05, 4.69) is 27.9 Å². The van der Waals surface area contributed by atoms with Crippen LogP contribution in [0.5, 0.6) is 11.5 Å². The van der Waals surface area contributed by atoms with Gasteiger partial charge in [-0.05, 0) is 52.9 Å². The molecule has 0 saturated carbocycles. The number of hydrogen-bond donors (Lipinski definition) is 2. The van der Waals surface area contributed by atoms with Crippen LogP contribution in [0.15, 0.2) is 36.4 Å². The zero-order valence-electron chi connectivity index (χ0n) is 10.7. The molecule has 0 aliphatic heterocycles. The van der Waals surface area contributed by atoms with Gasteiger partial charge in [-0.15, -0.1) is 0 Å². The standard InChI is InChI=1S/C14H15IN2O2/c1-18-13-6-4-10(8-14(13)19-2)17-12-5-3-9(15)7-11(12)16/h3-8,17H,16H2,1-2H3. The van der Waals surface area contributed by atoms with Gasteiger partial charge in [-0.1, -0.05) is 0 Å². The van der Waals surface area contributed by atoms with E-state index in [1.807, 2.05) is 36.4 Å². The first-order valence-corrected chi connectivity index (χ1v) is 6.76. The van der Waals surface area contributed by atoms with Gasteiger partial charge in [0.05, 0.1) is 25.6 Å². The van der Waals surface area contributed by atoms with Crippen molar-refractivity contribution in [2.45, 2.75) is 0 Å². The summed E-state index contributed by atoms with van der Waals surface area (Å²) in [5, 5.41) is 3.26. The van der Waals surface area contributed by atoms with Crippen LogP contribution in [0.2, 0.25) is 0 Å². The molecule has 0 fully saturated rings. The summed E-state index contributed by atoms with van der Waals surface area (Å²) in [5.41, 5.74) is 8.44. The molecule has 4 nitrogen and oxygen atoms in total. The Morgan fingerprint density at radius 1 is 1.00 bits per heavy atom. The molecule has 0 radical (unpaired) electrons. The lowest BCUT2D eigenvalue weighted by molar-refractivity contribution is 0.355. The first-order chi connectivity index (χ1) is 9.13. The van der Waals surface area contributed by atoms with Crippen LogP contribution in [0.1, 0.15) is 0 Å². The molecule has 100 valence electrons. The highest BCUT2D eigenvalue weighted by molar-refractivity contribution is 14.1. The van der Waals surface area contributed by atoms with Crippen LogP contribution in [0, 0.1) is 3.57 Å². The minimum absolute atomic E-state index is 0.677. The van der Waals surface area contributed by atoms with Gasteiger partial charge in [-0.3, -0.25) is 0 Å². The summed E-state index contributed by atoms with van der Waals surface area (Å²) in [6, 6.07) is 11.5. The molecule has 2 rings (SSSR count). The Bertz CT molecular complexity index is 588. The molecule has 0 spiro atoms. The normalized spacial score (nSPS) is 10.1. The summed E-state index contributed by atoms with van der Waals surface area (Å²) in [4.78, 5) is 0. The largest absolute Gasteiger partial charge is 0.493 e. The van der Waals surface area contributed by atoms with Gasteiger partial charge in [-0.2, -0.15) is 0 Å². The van der Waals surface area contributed by atoms with Crippen LogP contribution < -0.4 is 20.5 Å². The number of ether oxygens (including phenoxy) is 2. The maximum absolute atomic E-state index is 5.97. The van der Waals surface area contributed by atoms with Crippen molar-refractivity contribution in [3.8, 4) is 11.5 Å². The van der Waals surface area contributed by atoms with Gasteiger partial charge in [0.25, 0.3) is 0 Å². The zero-order valence-corrected chi connectivity index (χ0v) is 12.9. The second-order valence-electron chi connectivity index (χ2n) is 3.93. The lowest BCUT2D eigenvalue weighted by atomic mass is 10.2. The Morgan fingerprint density at radius 3 is 2.37 bits per heavy atom. The van der Waals surface area contributed by atoms with Gasteiger partial charge < -0.3 is 20.5 Å². The minimum Gasteiger partial charge on any atom is -0.493 e. The number of hydrogen-bond acceptors (Lipinski definition) is 4. The van der Waals surface area contributed by atoms with Gasteiger partial charge in [0.15, 0.2) is 11.5 Å². The van der Waals surface area contributed by atoms with E-state index in [-0.39, 0.29) is 0 Å². The third-order valence-electron chi connectivity index (χ3n) is 2.68. The van der Waals surface area contributed by atoms with E-state index in [0.717, 1.165) is 14.9 Å². The molecule has 0 aliphatic carbocycles. The van der Waals surface area contributed by atoms with Gasteiger partial charge in [0, 0.05) is 15.3 Å². The first kappa shape index (κ1) is 13.8. The smallest absolute Gasteiger partial charge is 0.162 e. The number of nitrogens with two attached hydrogens (primary N) is 1. The van der Waals surface area contributed by atoms with Crippen LogP contribution in [0.3, 0.4) is 0 Å². The monoisotopic (exact) mass is 370 g/mol. The molecule has 0 bridgehead atoms. The average Bonchev–Trinajstić information content (AvgIpc) is 2.41. The molecule has 2 aromatic carbocycles. The number of anilines is 3. The van der Waals surface area contributed by atoms with Crippen molar-refractivity contribution in [1.82, 2.24) is 0 Å². The second kappa shape index (κ2) is 6.01. The number of halogens is 1. The molecule has 0 atom stereocenters. The molecular weight excluding hydrogens is 355 g/mol. The van der Waals surface area contributed by atoms with E-state index in [0.29, 0.717) is 17.2 Å². The summed E-state index contributed by atoms with van der Waals surface area (Å²) in [6.07, 6.45) is 0. The fraction of sp³-hybridized carbons (Fsp3) is 0.143. The first-order valence-electron chi connectivity index (χ1n) is 5.68. The number of methoxy groups -OCH3 is 2. The van der Waals surface area contributed by atoms with E-state index in [1.54, 1.807) is 14.2 Å². The molecule has 5 heteroatoms. The highest BCUT2D eigenvalue weighted by Crippen LogP contribution is 2.32. The Balaban J connectivity index is 2.28. The molecule has 3 N–H and O–H groups in total. The van der Waals surface area contributed by atoms with Crippen LogP contribution in [-0.2, 0) is 0 Å². The van der Waals surface area contributed by atoms with E-state index < -0.39 is 0 Å². The van der Waals surface area contributed by atoms with Crippen LogP contribution in [0.25, 0.3) is 0 Å². The third kappa shape index (κ3) is 3.23. The van der Waals surface area contributed by atoms with Crippen molar-refractivity contribution in [3.63, 3.8) is 0 Å². The molecule has 0 aromatic heterocycles. The Kier molecular flexibility index (Phi) is 4.36. The lowest BCUT2D eigenvalue weighted by Crippen LogP contribution is -1.98. The van der Waals surface area contributed by atoms with Gasteiger partial charge in [0.1, 0.15) is 0 Å². The van der Waals surface area contributed by atoms with E-state index in [1.165, 1.54) is 0 Å². The van der Waals surface area contributed by atoms with Crippen molar-refractivity contribution in [1.29, 1.82) is 0 Å². The number of nitrogen functional groups attached to an aromatic ring is 1. The molecule has 0 saturated heterocycles. The quantitative estimate of drug-likeness (QED) is 0.638. The fourth-order valence-electron chi connectivity index (χ4n) is 1.72. The van der Waals surface area contributed by atoms with E-state index in [4.69, 9.17) is 15.2 Å². The molecule has 19 heavy (non-hydrogen) atoms. The predicted molar refractivity (Wildman–Crippen MR) is 86.4 cm³/mol. The zero-order chi connectivity index (χ0) is 13.8. The Morgan fingerprint density at radius 2 is 1.74 bits per heavy atom. The highest BCUT2D eigenvalue weighted by Gasteiger charge is 2.06. The molecule has 0 unspecified atom stereocenters. The topological polar surface area (TPSA) is 56.5 Å². The molecule has 0 amide bonds. The number of benzene rings is 2. The van der Waals surface area contributed by atoms with Crippen LogP contribution in [0.4, 0.5) is 17.1 Å². The summed E-state index contributed by atoms with van der Waals surface area (Å²) in [7, 11) is 3.23. The summed E-state index contributed by atoms with van der Waals surface area (Å²) in [6.45, 7) is 0. The van der Waals surface area contributed by atoms with Crippen LogP contribution in [-0.4, -0.2) is 14.2 Å². The van der Waals surface area contributed by atoms with Gasteiger partial charge >= 0.3 is 0 Å². The molecule has 0 heterocycles. The van der Waals surface area contributed by atoms with Crippen LogP contribution >= 0.6 is 22.6 Å². The fourth-order valence-corrected chi connectivity index (χ4v) is 2.23. The van der Waals surface area contributed by atoms with Crippen molar-refractivity contribution in [2.24, 2.45) is 0 Å². The number of rotatable bonds is 4. The van der Waals surface area contributed by atoms with Crippen molar-refractivity contribution in [3.05, 3.63) is 40.0 Å². The molecular formula is C14H15IN2O2. The summed E-state index contributed by atoms with van der Waals surface area (Å²) >= 11 is 2.23. The maximum atomic E-state index is 5.97. The molecule has 2 aromatic rings. The van der Waals surface area contributed by atoms with Gasteiger partial charge in [-0.25, -0.2) is 0 Å². The summed E-state index contributed by atoms with van der Waals surface area (Å²) < 4.78 is 11.6. The summed E-state index contributed by atoms with van der Waals surface area (Å²) in [5.74, 6) is 1.38. The van der Waals surface area contributed by atoms with E-state index in [9.17, 15) is 0 Å². The van der Waals surface area contributed by atoms with E-state index >= 15 is 0 Å². The number of nitrogens with one attached hydrogen (secondary N) is 1. The van der Waals surface area contributed by atoms with Crippen molar-refractivity contribution >= 4 is 39.7 Å². The lowest BCUT2D eigenvalue weighted by Gasteiger charge is -2.12. The predicted octanol–water partition coefficient (Wildman–Crippen LogP) is 3.63. The van der Waals surface area contributed by atoms with Gasteiger partial charge in [0.2, 0.25) is 0 Å². The molecule has 0 aliphatic rings.